The topological polar surface area (TPSA) is 154 Å². The lowest BCUT2D eigenvalue weighted by Crippen LogP contribution is -2.74. The summed E-state index contributed by atoms with van der Waals surface area (Å²) in [5.41, 5.74) is 1.89. The summed E-state index contributed by atoms with van der Waals surface area (Å²) in [6, 6.07) is -1.28. The van der Waals surface area contributed by atoms with Crippen LogP contribution in [0.3, 0.4) is 0 Å². The van der Waals surface area contributed by atoms with Crippen molar-refractivity contribution in [2.75, 3.05) is 20.7 Å². The molecular weight excluding hydrogens is 516 g/mol. The molecule has 1 saturated heterocycles. The first-order valence-corrected chi connectivity index (χ1v) is 13.1. The highest BCUT2D eigenvalue weighted by Crippen LogP contribution is 2.48. The van der Waals surface area contributed by atoms with Crippen molar-refractivity contribution in [2.45, 2.75) is 70.7 Å². The summed E-state index contributed by atoms with van der Waals surface area (Å²) in [4.78, 5) is 82.1. The molecule has 5 rings (SSSR count). The van der Waals surface area contributed by atoms with E-state index in [0.29, 0.717) is 11.1 Å². The Balaban J connectivity index is 1.71. The molecule has 2 aliphatic carbocycles. The van der Waals surface area contributed by atoms with Crippen LogP contribution in [0.15, 0.2) is 44.8 Å². The Morgan fingerprint density at radius 3 is 2.10 bits per heavy atom. The van der Waals surface area contributed by atoms with E-state index in [4.69, 9.17) is 4.74 Å². The summed E-state index contributed by atoms with van der Waals surface area (Å²) in [6.45, 7) is 5.63. The number of ketones is 5. The number of allylic oxidation sites excluding steroid dienone is 4. The van der Waals surface area contributed by atoms with E-state index in [1.165, 1.54) is 7.11 Å². The Hall–Kier alpha value is -4.01. The number of carbonyl (C=O) groups is 6. The average molecular weight is 547 g/mol. The number of nitrogens with one attached hydrogen (secondary N) is 1. The largest absolute Gasteiger partial charge is 0.492 e. The number of rotatable bonds is 4. The lowest BCUT2D eigenvalue weighted by atomic mass is 9.67. The van der Waals surface area contributed by atoms with E-state index < -0.39 is 47.7 Å². The predicted molar refractivity (Wildman–Crippen MR) is 139 cm³/mol. The van der Waals surface area contributed by atoms with Crippen LogP contribution >= 0.6 is 0 Å². The minimum absolute atomic E-state index is 0.0381. The van der Waals surface area contributed by atoms with Gasteiger partial charge in [0.25, 0.3) is 5.91 Å². The van der Waals surface area contributed by atoms with Gasteiger partial charge < -0.3 is 10.1 Å². The summed E-state index contributed by atoms with van der Waals surface area (Å²) in [6.07, 6.45) is 0.191. The van der Waals surface area contributed by atoms with E-state index >= 15 is 0 Å². The molecular formula is C29H30N4O7. The van der Waals surface area contributed by atoms with Gasteiger partial charge in [-0.25, -0.2) is 0 Å². The molecule has 0 saturated carbocycles. The lowest BCUT2D eigenvalue weighted by molar-refractivity contribution is -0.137. The number of Topliss-reactive ketones (excluding diaryl/α,β-unsaturated/α-hetero) is 5. The maximum atomic E-state index is 13.7. The molecule has 1 N–H and O–H groups in total. The second kappa shape index (κ2) is 9.57. The number of nitrogens with zero attached hydrogens (tertiary/aromatic N) is 3. The molecule has 0 unspecified atom stereocenters. The van der Waals surface area contributed by atoms with Crippen molar-refractivity contribution in [3.05, 3.63) is 44.8 Å². The Morgan fingerprint density at radius 1 is 0.925 bits per heavy atom. The van der Waals surface area contributed by atoms with Crippen LogP contribution in [0.25, 0.3) is 0 Å². The van der Waals surface area contributed by atoms with E-state index in [2.05, 4.69) is 11.4 Å². The van der Waals surface area contributed by atoms with Gasteiger partial charge >= 0.3 is 0 Å². The van der Waals surface area contributed by atoms with Gasteiger partial charge in [-0.15, -0.1) is 0 Å². The highest BCUT2D eigenvalue weighted by molar-refractivity contribution is 6.35. The summed E-state index contributed by atoms with van der Waals surface area (Å²) in [5, 5.41) is 13.0. The molecule has 208 valence electrons. The van der Waals surface area contributed by atoms with Crippen molar-refractivity contribution in [3.63, 3.8) is 0 Å². The molecule has 11 heteroatoms. The number of fused-ring (bicyclic) bond motifs is 5. The fraction of sp³-hybridized carbons (Fsp3) is 0.483. The summed E-state index contributed by atoms with van der Waals surface area (Å²) >= 11 is 0. The number of carbonyl (C=O) groups excluding carboxylic acids is 6. The Kier molecular flexibility index (Phi) is 6.59. The summed E-state index contributed by atoms with van der Waals surface area (Å²) in [5.74, 6) is -2.99. The molecule has 1 fully saturated rings. The van der Waals surface area contributed by atoms with Crippen LogP contribution in [0.4, 0.5) is 0 Å². The van der Waals surface area contributed by atoms with E-state index in [-0.39, 0.29) is 70.4 Å². The second-order valence-electron chi connectivity index (χ2n) is 11.0. The molecule has 0 aromatic heterocycles. The maximum absolute atomic E-state index is 13.7. The van der Waals surface area contributed by atoms with Crippen LogP contribution in [-0.2, 0) is 33.5 Å². The van der Waals surface area contributed by atoms with Gasteiger partial charge in [0.15, 0.2) is 23.1 Å². The standard InChI is InChI=1S/C29H30N4O7/c1-11-12(2)26(37)21-15(24(11)35)8-18-23-22-16(25(36)13(3)28(40-6)27(22)38)7-17(32(23)5)19(9-30)33(18)20(21)10-31-29(39)14(4)34/h17-20,23H,7-8,10H2,1-6H3,(H,31,39)/t17-,18-,19-,20-,23-/m0/s1. The zero-order valence-corrected chi connectivity index (χ0v) is 23.2. The normalized spacial score (nSPS) is 30.7. The van der Waals surface area contributed by atoms with Gasteiger partial charge in [-0.05, 0) is 40.7 Å². The molecule has 1 amide bonds. The SMILES string of the molecule is COC1=C(C)C(=O)C2=C(C1=O)[C@@H]1[C@@H]3CC4=C(C(=O)C(C)=C(C)C4=O)[C@H](CNC(=O)C(C)=O)N3[C@@H](C#N)[C@H](C2)N1C. The highest BCUT2D eigenvalue weighted by atomic mass is 16.5. The van der Waals surface area contributed by atoms with Crippen LogP contribution in [0.5, 0.6) is 0 Å². The van der Waals surface area contributed by atoms with Crippen LogP contribution < -0.4 is 5.32 Å². The number of hydrogen-bond acceptors (Lipinski definition) is 10. The van der Waals surface area contributed by atoms with Crippen LogP contribution in [0.1, 0.15) is 40.5 Å². The monoisotopic (exact) mass is 546 g/mol. The van der Waals surface area contributed by atoms with E-state index in [0.717, 1.165) is 6.92 Å². The molecule has 2 bridgehead atoms. The zero-order chi connectivity index (χ0) is 29.4. The van der Waals surface area contributed by atoms with Gasteiger partial charge in [0.05, 0.1) is 25.3 Å². The third-order valence-corrected chi connectivity index (χ3v) is 9.14. The smallest absolute Gasteiger partial charge is 0.287 e. The molecule has 0 aromatic carbocycles. The molecule has 0 aromatic rings. The molecule has 11 nitrogen and oxygen atoms in total. The van der Waals surface area contributed by atoms with Crippen molar-refractivity contribution >= 4 is 34.8 Å². The third kappa shape index (κ3) is 3.63. The molecule has 0 radical (unpaired) electrons. The van der Waals surface area contributed by atoms with Gasteiger partial charge in [-0.3, -0.25) is 38.6 Å². The highest BCUT2D eigenvalue weighted by Gasteiger charge is 2.59. The predicted octanol–water partition coefficient (Wildman–Crippen LogP) is 0.267. The third-order valence-electron chi connectivity index (χ3n) is 9.14. The van der Waals surface area contributed by atoms with Crippen molar-refractivity contribution in [1.29, 1.82) is 5.26 Å². The van der Waals surface area contributed by atoms with Crippen LogP contribution in [0.2, 0.25) is 0 Å². The van der Waals surface area contributed by atoms with Gasteiger partial charge in [-0.1, -0.05) is 0 Å². The molecule has 40 heavy (non-hydrogen) atoms. The lowest BCUT2D eigenvalue weighted by Gasteiger charge is -2.60. The van der Waals surface area contributed by atoms with E-state index in [1.54, 1.807) is 27.8 Å². The Bertz CT molecular complexity index is 1500. The minimum atomic E-state index is -0.907. The molecule has 3 heterocycles. The molecule has 5 aliphatic rings. The fourth-order valence-corrected chi connectivity index (χ4v) is 7.03. The van der Waals surface area contributed by atoms with Gasteiger partial charge in [-0.2, -0.15) is 5.26 Å². The first-order valence-electron chi connectivity index (χ1n) is 13.1. The molecule has 0 spiro atoms. The van der Waals surface area contributed by atoms with Crippen molar-refractivity contribution in [2.24, 2.45) is 0 Å². The van der Waals surface area contributed by atoms with Crippen LogP contribution in [-0.4, -0.2) is 95.5 Å². The van der Waals surface area contributed by atoms with Crippen molar-refractivity contribution in [3.8, 4) is 6.07 Å². The van der Waals surface area contributed by atoms with Gasteiger partial charge in [0.1, 0.15) is 6.04 Å². The Labute approximate surface area is 231 Å². The number of methoxy groups -OCH3 is 1. The van der Waals surface area contributed by atoms with Gasteiger partial charge in [0.2, 0.25) is 11.6 Å². The maximum Gasteiger partial charge on any atom is 0.287 e. The Morgan fingerprint density at radius 2 is 1.50 bits per heavy atom. The first-order chi connectivity index (χ1) is 18.9. The van der Waals surface area contributed by atoms with Gasteiger partial charge in [0, 0.05) is 64.6 Å². The molecule has 3 aliphatic heterocycles. The fourth-order valence-electron chi connectivity index (χ4n) is 7.03. The van der Waals surface area contributed by atoms with E-state index in [1.807, 2.05) is 9.80 Å². The van der Waals surface area contributed by atoms with Crippen molar-refractivity contribution in [1.82, 2.24) is 15.1 Å². The molecule has 5 atom stereocenters. The number of likely N-dealkylation sites (N-methyl/N-ethyl adjacent to an activating group) is 1. The quantitative estimate of drug-likeness (QED) is 0.384. The number of piperazine rings is 1. The zero-order valence-electron chi connectivity index (χ0n) is 23.2. The number of hydrogen-bond donors (Lipinski definition) is 1. The van der Waals surface area contributed by atoms with E-state index in [9.17, 15) is 34.0 Å². The minimum Gasteiger partial charge on any atom is -0.492 e. The summed E-state index contributed by atoms with van der Waals surface area (Å²) < 4.78 is 5.33. The average Bonchev–Trinajstić information content (AvgIpc) is 2.92. The number of ether oxygens (including phenoxy) is 1. The summed E-state index contributed by atoms with van der Waals surface area (Å²) in [7, 11) is 3.12. The van der Waals surface area contributed by atoms with Crippen molar-refractivity contribution < 1.29 is 33.5 Å². The van der Waals surface area contributed by atoms with Crippen LogP contribution in [0, 0.1) is 11.3 Å². The first kappa shape index (κ1) is 27.6. The second-order valence-corrected chi connectivity index (χ2v) is 11.0. The number of amides is 1. The number of nitriles is 1.